The Morgan fingerprint density at radius 2 is 1.76 bits per heavy atom. The van der Waals surface area contributed by atoms with E-state index in [-0.39, 0.29) is 6.54 Å². The molecule has 0 fully saturated rings. The molecule has 2 aromatic carbocycles. The van der Waals surface area contributed by atoms with Crippen LogP contribution in [0, 0.1) is 0 Å². The second-order valence-electron chi connectivity index (χ2n) is 5.01. The lowest BCUT2D eigenvalue weighted by molar-refractivity contribution is -0.139. The SMILES string of the molecule is C=CCNC(=O)C(=O)N/N=C/c1ccccc1OCc1ccccc1. The summed E-state index contributed by atoms with van der Waals surface area (Å²) in [6, 6.07) is 17.1. The van der Waals surface area contributed by atoms with E-state index in [0.29, 0.717) is 17.9 Å². The van der Waals surface area contributed by atoms with E-state index in [0.717, 1.165) is 5.56 Å². The molecule has 128 valence electrons. The number of nitrogens with one attached hydrogen (secondary N) is 2. The molecule has 0 radical (unpaired) electrons. The molecule has 2 rings (SSSR count). The lowest BCUT2D eigenvalue weighted by Gasteiger charge is -2.08. The molecule has 0 aromatic heterocycles. The smallest absolute Gasteiger partial charge is 0.329 e. The number of para-hydroxylation sites is 1. The molecule has 6 heteroatoms. The number of nitrogens with zero attached hydrogens (tertiary/aromatic N) is 1. The fourth-order valence-electron chi connectivity index (χ4n) is 1.91. The summed E-state index contributed by atoms with van der Waals surface area (Å²) in [6.45, 7) is 4.09. The van der Waals surface area contributed by atoms with Gasteiger partial charge in [0.1, 0.15) is 12.4 Å². The van der Waals surface area contributed by atoms with Gasteiger partial charge >= 0.3 is 11.8 Å². The van der Waals surface area contributed by atoms with Gasteiger partial charge in [0.15, 0.2) is 0 Å². The summed E-state index contributed by atoms with van der Waals surface area (Å²) in [7, 11) is 0. The summed E-state index contributed by atoms with van der Waals surface area (Å²) in [4.78, 5) is 22.9. The predicted octanol–water partition coefficient (Wildman–Crippen LogP) is 2.02. The second-order valence-corrected chi connectivity index (χ2v) is 5.01. The number of carbonyl (C=O) groups is 2. The maximum Gasteiger partial charge on any atom is 0.329 e. The highest BCUT2D eigenvalue weighted by Crippen LogP contribution is 2.17. The number of ether oxygens (including phenoxy) is 1. The second kappa shape index (κ2) is 9.67. The van der Waals surface area contributed by atoms with Crippen molar-refractivity contribution in [3.63, 3.8) is 0 Å². The van der Waals surface area contributed by atoms with E-state index in [2.05, 4.69) is 22.4 Å². The molecule has 2 amide bonds. The Labute approximate surface area is 146 Å². The van der Waals surface area contributed by atoms with Crippen LogP contribution in [0.1, 0.15) is 11.1 Å². The molecule has 2 aromatic rings. The molecule has 0 saturated carbocycles. The molecule has 0 aliphatic carbocycles. The van der Waals surface area contributed by atoms with Crippen LogP contribution in [-0.2, 0) is 16.2 Å². The van der Waals surface area contributed by atoms with Crippen molar-refractivity contribution in [2.24, 2.45) is 5.10 Å². The molecule has 0 aliphatic rings. The summed E-state index contributed by atoms with van der Waals surface area (Å²) in [6.07, 6.45) is 2.91. The Morgan fingerprint density at radius 1 is 1.04 bits per heavy atom. The van der Waals surface area contributed by atoms with Gasteiger partial charge in [-0.05, 0) is 17.7 Å². The zero-order chi connectivity index (χ0) is 17.9. The van der Waals surface area contributed by atoms with Gasteiger partial charge in [-0.15, -0.1) is 6.58 Å². The molecule has 0 atom stereocenters. The molecule has 6 nitrogen and oxygen atoms in total. The first-order chi connectivity index (χ1) is 12.2. The van der Waals surface area contributed by atoms with Gasteiger partial charge in [-0.3, -0.25) is 9.59 Å². The average molecular weight is 337 g/mol. The van der Waals surface area contributed by atoms with Gasteiger partial charge in [-0.1, -0.05) is 48.5 Å². The van der Waals surface area contributed by atoms with Crippen molar-refractivity contribution in [2.75, 3.05) is 6.54 Å². The molecular weight excluding hydrogens is 318 g/mol. The third-order valence-corrected chi connectivity index (χ3v) is 3.14. The van der Waals surface area contributed by atoms with Crippen LogP contribution in [0.4, 0.5) is 0 Å². The van der Waals surface area contributed by atoms with Crippen LogP contribution in [0.2, 0.25) is 0 Å². The summed E-state index contributed by atoms with van der Waals surface area (Å²) in [5, 5.41) is 6.16. The van der Waals surface area contributed by atoms with E-state index in [4.69, 9.17) is 4.74 Å². The van der Waals surface area contributed by atoms with Crippen LogP contribution in [0.25, 0.3) is 0 Å². The normalized spacial score (nSPS) is 10.2. The van der Waals surface area contributed by atoms with Gasteiger partial charge in [-0.2, -0.15) is 5.10 Å². The highest BCUT2D eigenvalue weighted by Gasteiger charge is 2.10. The van der Waals surface area contributed by atoms with E-state index in [9.17, 15) is 9.59 Å². The van der Waals surface area contributed by atoms with Crippen molar-refractivity contribution < 1.29 is 14.3 Å². The van der Waals surface area contributed by atoms with E-state index in [1.54, 1.807) is 6.07 Å². The molecule has 2 N–H and O–H groups in total. The number of hydrogen-bond acceptors (Lipinski definition) is 4. The van der Waals surface area contributed by atoms with Gasteiger partial charge in [0.25, 0.3) is 0 Å². The van der Waals surface area contributed by atoms with Crippen LogP contribution >= 0.6 is 0 Å². The minimum absolute atomic E-state index is 0.214. The van der Waals surface area contributed by atoms with Crippen molar-refractivity contribution in [1.82, 2.24) is 10.7 Å². The van der Waals surface area contributed by atoms with Crippen LogP contribution in [-0.4, -0.2) is 24.6 Å². The Morgan fingerprint density at radius 3 is 2.52 bits per heavy atom. The summed E-state index contributed by atoms with van der Waals surface area (Å²) < 4.78 is 5.79. The monoisotopic (exact) mass is 337 g/mol. The third-order valence-electron chi connectivity index (χ3n) is 3.14. The Hall–Kier alpha value is -3.41. The fraction of sp³-hybridized carbons (Fsp3) is 0.105. The van der Waals surface area contributed by atoms with Crippen molar-refractivity contribution >= 4 is 18.0 Å². The summed E-state index contributed by atoms with van der Waals surface area (Å²) >= 11 is 0. The highest BCUT2D eigenvalue weighted by atomic mass is 16.5. The van der Waals surface area contributed by atoms with E-state index in [1.807, 2.05) is 48.5 Å². The first kappa shape index (κ1) is 17.9. The van der Waals surface area contributed by atoms with Gasteiger partial charge in [0.2, 0.25) is 0 Å². The number of rotatable bonds is 7. The number of hydrogen-bond donors (Lipinski definition) is 2. The minimum Gasteiger partial charge on any atom is -0.488 e. The van der Waals surface area contributed by atoms with E-state index in [1.165, 1.54) is 12.3 Å². The minimum atomic E-state index is -0.846. The number of benzene rings is 2. The van der Waals surface area contributed by atoms with Gasteiger partial charge < -0.3 is 10.1 Å². The quantitative estimate of drug-likeness (QED) is 0.351. The summed E-state index contributed by atoms with van der Waals surface area (Å²) in [5.41, 5.74) is 3.90. The van der Waals surface area contributed by atoms with Crippen molar-refractivity contribution in [3.8, 4) is 5.75 Å². The van der Waals surface area contributed by atoms with Crippen molar-refractivity contribution in [2.45, 2.75) is 6.61 Å². The van der Waals surface area contributed by atoms with E-state index < -0.39 is 11.8 Å². The van der Waals surface area contributed by atoms with Crippen LogP contribution in [0.5, 0.6) is 5.75 Å². The molecule has 0 unspecified atom stereocenters. The molecular formula is C19H19N3O3. The average Bonchev–Trinajstić information content (AvgIpc) is 2.66. The highest BCUT2D eigenvalue weighted by molar-refractivity contribution is 6.35. The Kier molecular flexibility index (Phi) is 6.94. The third kappa shape index (κ3) is 5.95. The topological polar surface area (TPSA) is 79.8 Å². The lowest BCUT2D eigenvalue weighted by atomic mass is 10.2. The standard InChI is InChI=1S/C19H19N3O3/c1-2-12-20-18(23)19(24)22-21-13-16-10-6-7-11-17(16)25-14-15-8-4-3-5-9-15/h2-11,13H,1,12,14H2,(H,20,23)(H,22,24)/b21-13+. The fourth-order valence-corrected chi connectivity index (χ4v) is 1.91. The zero-order valence-electron chi connectivity index (χ0n) is 13.6. The molecule has 0 spiro atoms. The molecule has 0 heterocycles. The van der Waals surface area contributed by atoms with Gasteiger partial charge in [-0.25, -0.2) is 5.43 Å². The van der Waals surface area contributed by atoms with Crippen LogP contribution in [0.3, 0.4) is 0 Å². The Balaban J connectivity index is 1.94. The number of amides is 2. The van der Waals surface area contributed by atoms with Gasteiger partial charge in [0.05, 0.1) is 6.21 Å². The maximum atomic E-state index is 11.5. The van der Waals surface area contributed by atoms with Gasteiger partial charge in [0, 0.05) is 12.1 Å². The molecule has 25 heavy (non-hydrogen) atoms. The molecule has 0 aliphatic heterocycles. The predicted molar refractivity (Wildman–Crippen MR) is 96.2 cm³/mol. The lowest BCUT2D eigenvalue weighted by Crippen LogP contribution is -2.37. The maximum absolute atomic E-state index is 11.5. The van der Waals surface area contributed by atoms with Crippen molar-refractivity contribution in [1.29, 1.82) is 0 Å². The largest absolute Gasteiger partial charge is 0.488 e. The van der Waals surface area contributed by atoms with E-state index >= 15 is 0 Å². The molecule has 0 bridgehead atoms. The first-order valence-corrected chi connectivity index (χ1v) is 7.68. The Bertz CT molecular complexity index is 758. The van der Waals surface area contributed by atoms with Crippen molar-refractivity contribution in [3.05, 3.63) is 78.4 Å². The molecule has 0 saturated heterocycles. The van der Waals surface area contributed by atoms with Crippen LogP contribution in [0.15, 0.2) is 72.4 Å². The van der Waals surface area contributed by atoms with Crippen LogP contribution < -0.4 is 15.5 Å². The first-order valence-electron chi connectivity index (χ1n) is 7.68. The number of hydrazone groups is 1. The number of carbonyl (C=O) groups excluding carboxylic acids is 2. The summed E-state index contributed by atoms with van der Waals surface area (Å²) in [5.74, 6) is -0.994. The zero-order valence-corrected chi connectivity index (χ0v) is 13.6.